The van der Waals surface area contributed by atoms with Crippen molar-refractivity contribution in [3.05, 3.63) is 59.3 Å². The standard InChI is InChI=1S/C14H8ClF2N/c15-12-4-1-8(5-13(12)17)11-7-18-14-6-9(16)2-3-10(11)14/h1-7,18H. The molecule has 3 aromatic rings. The molecule has 0 fully saturated rings. The number of fused-ring (bicyclic) bond motifs is 1. The average Bonchev–Trinajstić information content (AvgIpc) is 2.75. The van der Waals surface area contributed by atoms with Crippen LogP contribution in [-0.2, 0) is 0 Å². The van der Waals surface area contributed by atoms with Gasteiger partial charge in [-0.1, -0.05) is 17.7 Å². The van der Waals surface area contributed by atoms with Crippen molar-refractivity contribution in [2.24, 2.45) is 0 Å². The Morgan fingerprint density at radius 2 is 1.83 bits per heavy atom. The summed E-state index contributed by atoms with van der Waals surface area (Å²) in [6, 6.07) is 9.07. The minimum Gasteiger partial charge on any atom is -0.360 e. The molecule has 0 spiro atoms. The highest BCUT2D eigenvalue weighted by molar-refractivity contribution is 6.30. The molecule has 90 valence electrons. The molecule has 0 saturated carbocycles. The van der Waals surface area contributed by atoms with Crippen LogP contribution < -0.4 is 0 Å². The van der Waals surface area contributed by atoms with E-state index in [1.54, 1.807) is 18.3 Å². The maximum absolute atomic E-state index is 13.4. The molecule has 1 N–H and O–H groups in total. The van der Waals surface area contributed by atoms with Gasteiger partial charge < -0.3 is 4.98 Å². The Labute approximate surface area is 107 Å². The van der Waals surface area contributed by atoms with Crippen LogP contribution in [0.15, 0.2) is 42.6 Å². The molecular weight excluding hydrogens is 256 g/mol. The molecule has 1 heterocycles. The van der Waals surface area contributed by atoms with Crippen LogP contribution >= 0.6 is 11.6 Å². The Hall–Kier alpha value is -1.87. The summed E-state index contributed by atoms with van der Waals surface area (Å²) in [5.41, 5.74) is 2.20. The molecular formula is C14H8ClF2N. The quantitative estimate of drug-likeness (QED) is 0.651. The summed E-state index contributed by atoms with van der Waals surface area (Å²) >= 11 is 5.65. The van der Waals surface area contributed by atoms with Gasteiger partial charge in [0, 0.05) is 22.7 Å². The third-order valence-electron chi connectivity index (χ3n) is 2.87. The van der Waals surface area contributed by atoms with Crippen LogP contribution in [0, 0.1) is 11.6 Å². The minimum atomic E-state index is -0.467. The monoisotopic (exact) mass is 263 g/mol. The largest absolute Gasteiger partial charge is 0.360 e. The molecule has 0 aliphatic rings. The number of hydrogen-bond donors (Lipinski definition) is 1. The first-order valence-electron chi connectivity index (χ1n) is 5.37. The summed E-state index contributed by atoms with van der Waals surface area (Å²) < 4.78 is 26.5. The lowest BCUT2D eigenvalue weighted by atomic mass is 10.0. The summed E-state index contributed by atoms with van der Waals surface area (Å²) in [5.74, 6) is -0.774. The fraction of sp³-hybridized carbons (Fsp3) is 0. The molecule has 18 heavy (non-hydrogen) atoms. The van der Waals surface area contributed by atoms with Crippen molar-refractivity contribution in [1.82, 2.24) is 4.98 Å². The Morgan fingerprint density at radius 1 is 1.00 bits per heavy atom. The number of aromatic amines is 1. The first-order valence-corrected chi connectivity index (χ1v) is 5.75. The normalized spacial score (nSPS) is 11.1. The third kappa shape index (κ3) is 1.77. The van der Waals surface area contributed by atoms with Gasteiger partial charge >= 0.3 is 0 Å². The topological polar surface area (TPSA) is 15.8 Å². The smallest absolute Gasteiger partial charge is 0.142 e. The van der Waals surface area contributed by atoms with Crippen molar-refractivity contribution >= 4 is 22.5 Å². The summed E-state index contributed by atoms with van der Waals surface area (Å²) in [6.45, 7) is 0. The first-order chi connectivity index (χ1) is 8.65. The lowest BCUT2D eigenvalue weighted by molar-refractivity contribution is 0.628. The van der Waals surface area contributed by atoms with E-state index in [1.807, 2.05) is 0 Å². The van der Waals surface area contributed by atoms with E-state index < -0.39 is 5.82 Å². The van der Waals surface area contributed by atoms with Gasteiger partial charge in [-0.15, -0.1) is 0 Å². The molecule has 0 amide bonds. The summed E-state index contributed by atoms with van der Waals surface area (Å²) in [6.07, 6.45) is 1.73. The molecule has 0 aliphatic carbocycles. The highest BCUT2D eigenvalue weighted by Crippen LogP contribution is 2.30. The Kier molecular flexibility index (Phi) is 2.56. The van der Waals surface area contributed by atoms with E-state index in [2.05, 4.69) is 4.98 Å². The summed E-state index contributed by atoms with van der Waals surface area (Å²) in [7, 11) is 0. The number of aromatic nitrogens is 1. The second-order valence-corrected chi connectivity index (χ2v) is 4.43. The van der Waals surface area contributed by atoms with Crippen LogP contribution in [-0.4, -0.2) is 4.98 Å². The number of H-pyrrole nitrogens is 1. The van der Waals surface area contributed by atoms with E-state index in [9.17, 15) is 8.78 Å². The Morgan fingerprint density at radius 3 is 2.61 bits per heavy atom. The van der Waals surface area contributed by atoms with Crippen LogP contribution in [0.1, 0.15) is 0 Å². The van der Waals surface area contributed by atoms with E-state index in [-0.39, 0.29) is 10.8 Å². The van der Waals surface area contributed by atoms with Crippen molar-refractivity contribution in [1.29, 1.82) is 0 Å². The Balaban J connectivity index is 2.22. The van der Waals surface area contributed by atoms with Crippen LogP contribution in [0.25, 0.3) is 22.0 Å². The highest BCUT2D eigenvalue weighted by Gasteiger charge is 2.09. The van der Waals surface area contributed by atoms with Gasteiger partial charge in [0.15, 0.2) is 0 Å². The summed E-state index contributed by atoms with van der Waals surface area (Å²) in [4.78, 5) is 2.97. The summed E-state index contributed by atoms with van der Waals surface area (Å²) in [5, 5.41) is 0.933. The fourth-order valence-corrected chi connectivity index (χ4v) is 2.12. The molecule has 2 aromatic carbocycles. The van der Waals surface area contributed by atoms with Gasteiger partial charge in [0.1, 0.15) is 11.6 Å². The van der Waals surface area contributed by atoms with Gasteiger partial charge in [0.05, 0.1) is 5.02 Å². The van der Waals surface area contributed by atoms with Gasteiger partial charge in [-0.25, -0.2) is 8.78 Å². The zero-order chi connectivity index (χ0) is 12.7. The van der Waals surface area contributed by atoms with Crippen LogP contribution in [0.5, 0.6) is 0 Å². The van der Waals surface area contributed by atoms with Gasteiger partial charge in [-0.2, -0.15) is 0 Å². The van der Waals surface area contributed by atoms with Crippen LogP contribution in [0.2, 0.25) is 5.02 Å². The number of nitrogens with one attached hydrogen (secondary N) is 1. The molecule has 4 heteroatoms. The van der Waals surface area contributed by atoms with E-state index in [1.165, 1.54) is 24.3 Å². The molecule has 0 unspecified atom stereocenters. The number of hydrogen-bond acceptors (Lipinski definition) is 0. The van der Waals surface area contributed by atoms with Crippen molar-refractivity contribution in [3.8, 4) is 11.1 Å². The molecule has 1 aromatic heterocycles. The second-order valence-electron chi connectivity index (χ2n) is 4.02. The SMILES string of the molecule is Fc1ccc2c(-c3ccc(Cl)c(F)c3)c[nH]c2c1. The predicted octanol–water partition coefficient (Wildman–Crippen LogP) is 4.77. The van der Waals surface area contributed by atoms with Crippen molar-refractivity contribution < 1.29 is 8.78 Å². The van der Waals surface area contributed by atoms with E-state index in [0.29, 0.717) is 11.1 Å². The fourth-order valence-electron chi connectivity index (χ4n) is 2.00. The molecule has 3 rings (SSSR count). The molecule has 0 saturated heterocycles. The lowest BCUT2D eigenvalue weighted by Crippen LogP contribution is -1.80. The van der Waals surface area contributed by atoms with Gasteiger partial charge in [-0.3, -0.25) is 0 Å². The zero-order valence-corrected chi connectivity index (χ0v) is 9.93. The van der Waals surface area contributed by atoms with E-state index in [0.717, 1.165) is 10.9 Å². The molecule has 0 aliphatic heterocycles. The van der Waals surface area contributed by atoms with Crippen molar-refractivity contribution in [2.75, 3.05) is 0 Å². The molecule has 0 bridgehead atoms. The Bertz CT molecular complexity index is 734. The van der Waals surface area contributed by atoms with Gasteiger partial charge in [-0.05, 0) is 35.9 Å². The van der Waals surface area contributed by atoms with Gasteiger partial charge in [0.2, 0.25) is 0 Å². The lowest BCUT2D eigenvalue weighted by Gasteiger charge is -2.01. The van der Waals surface area contributed by atoms with Gasteiger partial charge in [0.25, 0.3) is 0 Å². The zero-order valence-electron chi connectivity index (χ0n) is 9.18. The number of benzene rings is 2. The minimum absolute atomic E-state index is 0.0876. The van der Waals surface area contributed by atoms with E-state index >= 15 is 0 Å². The van der Waals surface area contributed by atoms with E-state index in [4.69, 9.17) is 11.6 Å². The molecule has 0 radical (unpaired) electrons. The number of halogens is 3. The van der Waals surface area contributed by atoms with Crippen LogP contribution in [0.3, 0.4) is 0 Å². The average molecular weight is 264 g/mol. The molecule has 0 atom stereocenters. The van der Waals surface area contributed by atoms with Crippen molar-refractivity contribution in [2.45, 2.75) is 0 Å². The first kappa shape index (κ1) is 11.2. The molecule has 1 nitrogen and oxygen atoms in total. The maximum Gasteiger partial charge on any atom is 0.142 e. The van der Waals surface area contributed by atoms with Crippen LogP contribution in [0.4, 0.5) is 8.78 Å². The predicted molar refractivity (Wildman–Crippen MR) is 68.7 cm³/mol. The second kappa shape index (κ2) is 4.10. The highest BCUT2D eigenvalue weighted by atomic mass is 35.5. The maximum atomic E-state index is 13.4. The third-order valence-corrected chi connectivity index (χ3v) is 3.18. The number of rotatable bonds is 1. The van der Waals surface area contributed by atoms with Crippen molar-refractivity contribution in [3.63, 3.8) is 0 Å².